The lowest BCUT2D eigenvalue weighted by Crippen LogP contribution is -2.06. The minimum absolute atomic E-state index is 0.127. The van der Waals surface area contributed by atoms with Gasteiger partial charge in [-0.3, -0.25) is 4.79 Å². The van der Waals surface area contributed by atoms with E-state index in [0.29, 0.717) is 18.8 Å². The fraction of sp³-hybridized carbons (Fsp3) is 0.238. The topological polar surface area (TPSA) is 82.5 Å². The minimum atomic E-state index is -0.797. The SMILES string of the molecule is CCc1ccc(-c2cc(NCCCC(=O)O)nc(-c3ccc(O)cc3)c2)s1. The van der Waals surface area contributed by atoms with Gasteiger partial charge in [0.15, 0.2) is 0 Å². The largest absolute Gasteiger partial charge is 0.508 e. The molecular formula is C21H22N2O3S. The molecule has 0 spiro atoms. The molecule has 0 aliphatic rings. The first-order valence-corrected chi connectivity index (χ1v) is 9.73. The highest BCUT2D eigenvalue weighted by Gasteiger charge is 2.09. The summed E-state index contributed by atoms with van der Waals surface area (Å²) >= 11 is 1.76. The molecule has 0 aliphatic heterocycles. The molecule has 3 aromatic rings. The highest BCUT2D eigenvalue weighted by Crippen LogP contribution is 2.33. The molecule has 5 nitrogen and oxygen atoms in total. The molecule has 0 bridgehead atoms. The van der Waals surface area contributed by atoms with E-state index in [0.717, 1.165) is 23.2 Å². The predicted molar refractivity (Wildman–Crippen MR) is 109 cm³/mol. The standard InChI is InChI=1S/C21H22N2O3S/c1-2-17-9-10-19(27-17)15-12-18(14-5-7-16(24)8-6-14)23-20(13-15)22-11-3-4-21(25)26/h5-10,12-13,24H,2-4,11H2,1H3,(H,22,23)(H,25,26). The molecule has 0 aliphatic carbocycles. The van der Waals surface area contributed by atoms with Crippen molar-refractivity contribution in [3.05, 3.63) is 53.4 Å². The first-order valence-electron chi connectivity index (χ1n) is 8.91. The average molecular weight is 382 g/mol. The summed E-state index contributed by atoms with van der Waals surface area (Å²) in [4.78, 5) is 17.8. The molecule has 3 N–H and O–H groups in total. The molecule has 27 heavy (non-hydrogen) atoms. The number of nitrogens with zero attached hydrogens (tertiary/aromatic N) is 1. The molecule has 0 saturated carbocycles. The highest BCUT2D eigenvalue weighted by atomic mass is 32.1. The highest BCUT2D eigenvalue weighted by molar-refractivity contribution is 7.15. The van der Waals surface area contributed by atoms with Crippen molar-refractivity contribution in [3.63, 3.8) is 0 Å². The number of carboxylic acids is 1. The van der Waals surface area contributed by atoms with Crippen LogP contribution in [0.4, 0.5) is 5.82 Å². The quantitative estimate of drug-likeness (QED) is 0.476. The van der Waals surface area contributed by atoms with Crippen LogP contribution in [-0.2, 0) is 11.2 Å². The Bertz CT molecular complexity index is 919. The monoisotopic (exact) mass is 382 g/mol. The number of rotatable bonds is 8. The van der Waals surface area contributed by atoms with Crippen LogP contribution in [0.2, 0.25) is 0 Å². The Kier molecular flexibility index (Phi) is 6.08. The Labute approximate surface area is 162 Å². The average Bonchev–Trinajstić information content (AvgIpc) is 3.15. The van der Waals surface area contributed by atoms with Gasteiger partial charge in [0.2, 0.25) is 0 Å². The molecular weight excluding hydrogens is 360 g/mol. The number of hydrogen-bond acceptors (Lipinski definition) is 5. The zero-order valence-electron chi connectivity index (χ0n) is 15.1. The summed E-state index contributed by atoms with van der Waals surface area (Å²) in [6, 6.07) is 15.3. The lowest BCUT2D eigenvalue weighted by atomic mass is 10.1. The maximum Gasteiger partial charge on any atom is 0.303 e. The van der Waals surface area contributed by atoms with Crippen molar-refractivity contribution in [1.82, 2.24) is 4.98 Å². The molecule has 140 valence electrons. The van der Waals surface area contributed by atoms with Crippen LogP contribution in [-0.4, -0.2) is 27.7 Å². The van der Waals surface area contributed by atoms with Gasteiger partial charge in [0, 0.05) is 28.3 Å². The molecule has 0 unspecified atom stereocenters. The van der Waals surface area contributed by atoms with E-state index in [2.05, 4.69) is 29.4 Å². The predicted octanol–water partition coefficient (Wildman–Crippen LogP) is 5.02. The fourth-order valence-corrected chi connectivity index (χ4v) is 3.66. The first kappa shape index (κ1) is 18.9. The molecule has 0 radical (unpaired) electrons. The van der Waals surface area contributed by atoms with E-state index in [9.17, 15) is 9.90 Å². The number of pyridine rings is 1. The first-order chi connectivity index (χ1) is 13.0. The number of aromatic nitrogens is 1. The number of carboxylic acid groups (broad SMARTS) is 1. The molecule has 3 rings (SSSR count). The summed E-state index contributed by atoms with van der Waals surface area (Å²) in [5.41, 5.74) is 2.79. The number of benzene rings is 1. The van der Waals surface area contributed by atoms with Gasteiger partial charge in [0.25, 0.3) is 0 Å². The van der Waals surface area contributed by atoms with E-state index in [-0.39, 0.29) is 12.2 Å². The number of anilines is 1. The smallest absolute Gasteiger partial charge is 0.303 e. The Hall–Kier alpha value is -2.86. The normalized spacial score (nSPS) is 10.7. The van der Waals surface area contributed by atoms with Gasteiger partial charge in [0.05, 0.1) is 5.69 Å². The number of hydrogen-bond donors (Lipinski definition) is 3. The zero-order valence-corrected chi connectivity index (χ0v) is 15.9. The Morgan fingerprint density at radius 1 is 1.11 bits per heavy atom. The van der Waals surface area contributed by atoms with Gasteiger partial charge in [-0.1, -0.05) is 6.92 Å². The number of phenols is 1. The molecule has 0 fully saturated rings. The van der Waals surface area contributed by atoms with Crippen LogP contribution in [0.5, 0.6) is 5.75 Å². The van der Waals surface area contributed by atoms with Crippen molar-refractivity contribution in [3.8, 4) is 27.4 Å². The lowest BCUT2D eigenvalue weighted by molar-refractivity contribution is -0.137. The summed E-state index contributed by atoms with van der Waals surface area (Å²) < 4.78 is 0. The van der Waals surface area contributed by atoms with Gasteiger partial charge < -0.3 is 15.5 Å². The summed E-state index contributed by atoms with van der Waals surface area (Å²) in [6.07, 6.45) is 1.66. The van der Waals surface area contributed by atoms with Crippen molar-refractivity contribution in [2.24, 2.45) is 0 Å². The number of thiophene rings is 1. The molecule has 2 aromatic heterocycles. The van der Waals surface area contributed by atoms with Crippen LogP contribution in [0.3, 0.4) is 0 Å². The fourth-order valence-electron chi connectivity index (χ4n) is 2.72. The van der Waals surface area contributed by atoms with Crippen molar-refractivity contribution in [2.75, 3.05) is 11.9 Å². The van der Waals surface area contributed by atoms with Crippen LogP contribution >= 0.6 is 11.3 Å². The van der Waals surface area contributed by atoms with Crippen LogP contribution in [0.15, 0.2) is 48.5 Å². The summed E-state index contributed by atoms with van der Waals surface area (Å²) in [7, 11) is 0. The van der Waals surface area contributed by atoms with E-state index in [1.807, 2.05) is 24.3 Å². The van der Waals surface area contributed by atoms with Crippen LogP contribution in [0.1, 0.15) is 24.6 Å². The molecule has 1 aromatic carbocycles. The van der Waals surface area contributed by atoms with E-state index in [4.69, 9.17) is 5.11 Å². The summed E-state index contributed by atoms with van der Waals surface area (Å²) in [6.45, 7) is 2.68. The Morgan fingerprint density at radius 3 is 2.56 bits per heavy atom. The zero-order chi connectivity index (χ0) is 19.2. The molecule has 0 atom stereocenters. The van der Waals surface area contributed by atoms with E-state index in [1.165, 1.54) is 9.75 Å². The summed E-state index contributed by atoms with van der Waals surface area (Å²) in [5.74, 6) is 0.133. The van der Waals surface area contributed by atoms with Crippen molar-refractivity contribution in [1.29, 1.82) is 0 Å². The third-order valence-electron chi connectivity index (χ3n) is 4.16. The maximum atomic E-state index is 10.7. The van der Waals surface area contributed by atoms with E-state index in [1.54, 1.807) is 23.5 Å². The Morgan fingerprint density at radius 2 is 1.89 bits per heavy atom. The van der Waals surface area contributed by atoms with Crippen molar-refractivity contribution in [2.45, 2.75) is 26.2 Å². The van der Waals surface area contributed by atoms with Crippen LogP contribution in [0.25, 0.3) is 21.7 Å². The second-order valence-corrected chi connectivity index (χ2v) is 7.39. The van der Waals surface area contributed by atoms with Gasteiger partial charge >= 0.3 is 5.97 Å². The van der Waals surface area contributed by atoms with Crippen molar-refractivity contribution < 1.29 is 15.0 Å². The number of phenolic OH excluding ortho intramolecular Hbond substituents is 1. The van der Waals surface area contributed by atoms with Crippen LogP contribution in [0, 0.1) is 0 Å². The van der Waals surface area contributed by atoms with Gasteiger partial charge in [-0.25, -0.2) is 4.98 Å². The second kappa shape index (κ2) is 8.68. The Balaban J connectivity index is 1.91. The lowest BCUT2D eigenvalue weighted by Gasteiger charge is -2.10. The molecule has 0 amide bonds. The number of carbonyl (C=O) groups is 1. The van der Waals surface area contributed by atoms with Gasteiger partial charge in [-0.05, 0) is 66.9 Å². The van der Waals surface area contributed by atoms with E-state index >= 15 is 0 Å². The van der Waals surface area contributed by atoms with Gasteiger partial charge in [-0.2, -0.15) is 0 Å². The maximum absolute atomic E-state index is 10.7. The summed E-state index contributed by atoms with van der Waals surface area (Å²) in [5, 5.41) is 21.5. The number of nitrogens with one attached hydrogen (secondary N) is 1. The third-order valence-corrected chi connectivity index (χ3v) is 5.44. The van der Waals surface area contributed by atoms with Crippen molar-refractivity contribution >= 4 is 23.1 Å². The molecule has 6 heteroatoms. The number of aliphatic carboxylic acids is 1. The van der Waals surface area contributed by atoms with Gasteiger partial charge in [0.1, 0.15) is 11.6 Å². The number of aryl methyl sites for hydroxylation is 1. The van der Waals surface area contributed by atoms with Crippen LogP contribution < -0.4 is 5.32 Å². The number of aromatic hydroxyl groups is 1. The van der Waals surface area contributed by atoms with E-state index < -0.39 is 5.97 Å². The molecule has 2 heterocycles. The third kappa shape index (κ3) is 5.08. The molecule has 0 saturated heterocycles. The van der Waals surface area contributed by atoms with Gasteiger partial charge in [-0.15, -0.1) is 11.3 Å². The second-order valence-electron chi connectivity index (χ2n) is 6.22. The minimum Gasteiger partial charge on any atom is -0.508 e.